The van der Waals surface area contributed by atoms with Crippen LogP contribution in [0.4, 0.5) is 0 Å². The van der Waals surface area contributed by atoms with Crippen molar-refractivity contribution >= 4 is 5.91 Å². The fourth-order valence-corrected chi connectivity index (χ4v) is 3.86. The molecule has 0 aromatic carbocycles. The van der Waals surface area contributed by atoms with Crippen molar-refractivity contribution in [1.29, 1.82) is 0 Å². The van der Waals surface area contributed by atoms with E-state index in [-0.39, 0.29) is 5.91 Å². The smallest absolute Gasteiger partial charge is 0.256 e. The van der Waals surface area contributed by atoms with Crippen LogP contribution in [0, 0.1) is 0 Å². The molecular formula is C21H27N5O2. The van der Waals surface area contributed by atoms with Gasteiger partial charge in [-0.2, -0.15) is 0 Å². The Labute approximate surface area is 165 Å². The molecule has 0 radical (unpaired) electrons. The number of carbonyl (C=O) groups is 1. The molecule has 2 aliphatic heterocycles. The lowest BCUT2D eigenvalue weighted by Gasteiger charge is -2.24. The van der Waals surface area contributed by atoms with E-state index in [4.69, 9.17) is 4.74 Å². The molecular weight excluding hydrogens is 354 g/mol. The molecule has 1 fully saturated rings. The number of carbonyl (C=O) groups excluding carboxylic acids is 1. The highest BCUT2D eigenvalue weighted by atomic mass is 16.5. The van der Waals surface area contributed by atoms with Crippen LogP contribution in [0.15, 0.2) is 30.5 Å². The number of methoxy groups -OCH3 is 1. The number of aromatic nitrogens is 2. The summed E-state index contributed by atoms with van der Waals surface area (Å²) in [7, 11) is 1.64. The molecule has 2 aliphatic rings. The molecule has 1 amide bonds. The minimum absolute atomic E-state index is 0.0456. The van der Waals surface area contributed by atoms with Crippen molar-refractivity contribution in [3.63, 3.8) is 0 Å². The monoisotopic (exact) mass is 381 g/mol. The maximum absolute atomic E-state index is 12.9. The van der Waals surface area contributed by atoms with Gasteiger partial charge in [0.2, 0.25) is 5.88 Å². The Balaban J connectivity index is 1.43. The Hall–Kier alpha value is -2.51. The maximum Gasteiger partial charge on any atom is 0.256 e. The summed E-state index contributed by atoms with van der Waals surface area (Å²) in [4.78, 5) is 23.7. The topological polar surface area (TPSA) is 79.4 Å². The summed E-state index contributed by atoms with van der Waals surface area (Å²) in [6.07, 6.45) is 4.74. The Morgan fingerprint density at radius 3 is 2.93 bits per heavy atom. The third-order valence-corrected chi connectivity index (χ3v) is 5.48. The number of hydrogen-bond acceptors (Lipinski definition) is 6. The summed E-state index contributed by atoms with van der Waals surface area (Å²) < 4.78 is 5.51. The van der Waals surface area contributed by atoms with E-state index in [1.807, 2.05) is 29.2 Å². The first kappa shape index (κ1) is 18.8. The summed E-state index contributed by atoms with van der Waals surface area (Å²) in [5, 5.41) is 6.96. The van der Waals surface area contributed by atoms with Gasteiger partial charge in [0, 0.05) is 43.0 Å². The Morgan fingerprint density at radius 1 is 1.32 bits per heavy atom. The van der Waals surface area contributed by atoms with Gasteiger partial charge in [-0.3, -0.25) is 9.78 Å². The average Bonchev–Trinajstić information content (AvgIpc) is 3.06. The van der Waals surface area contributed by atoms with E-state index in [0.717, 1.165) is 49.3 Å². The molecule has 0 saturated carbocycles. The molecule has 7 heteroatoms. The summed E-state index contributed by atoms with van der Waals surface area (Å²) in [6, 6.07) is 8.30. The van der Waals surface area contributed by atoms with Gasteiger partial charge in [-0.1, -0.05) is 6.07 Å². The van der Waals surface area contributed by atoms with Crippen LogP contribution in [0.3, 0.4) is 0 Å². The third kappa shape index (κ3) is 4.15. The van der Waals surface area contributed by atoms with E-state index >= 15 is 0 Å². The quantitative estimate of drug-likeness (QED) is 0.757. The molecule has 2 aromatic rings. The molecule has 0 aliphatic carbocycles. The number of nitrogens with zero attached hydrogens (tertiary/aromatic N) is 3. The zero-order valence-electron chi connectivity index (χ0n) is 16.3. The van der Waals surface area contributed by atoms with Crippen LogP contribution >= 0.6 is 0 Å². The highest BCUT2D eigenvalue weighted by Gasteiger charge is 2.30. The molecule has 0 unspecified atom stereocenters. The van der Waals surface area contributed by atoms with Crippen LogP contribution in [0.5, 0.6) is 5.88 Å². The summed E-state index contributed by atoms with van der Waals surface area (Å²) in [5.41, 5.74) is 3.43. The first-order valence-corrected chi connectivity index (χ1v) is 9.94. The Morgan fingerprint density at radius 2 is 2.18 bits per heavy atom. The number of fused-ring (bicyclic) bond motifs is 1. The summed E-state index contributed by atoms with van der Waals surface area (Å²) in [6.45, 7) is 3.91. The fourth-order valence-electron chi connectivity index (χ4n) is 3.86. The first-order valence-electron chi connectivity index (χ1n) is 9.94. The summed E-state index contributed by atoms with van der Waals surface area (Å²) in [5.74, 6) is 0.656. The molecule has 4 heterocycles. The van der Waals surface area contributed by atoms with Gasteiger partial charge in [-0.25, -0.2) is 4.98 Å². The van der Waals surface area contributed by atoms with Gasteiger partial charge in [0.15, 0.2) is 0 Å². The molecule has 28 heavy (non-hydrogen) atoms. The SMILES string of the molecule is COc1nc2c(cc1CNC1CCNCC1)C(=O)N(CCc1ccccn1)C2. The van der Waals surface area contributed by atoms with Crippen molar-refractivity contribution in [3.05, 3.63) is 53.0 Å². The van der Waals surface area contributed by atoms with Gasteiger partial charge in [0.1, 0.15) is 0 Å². The van der Waals surface area contributed by atoms with Crippen LogP contribution in [-0.4, -0.2) is 53.6 Å². The molecule has 2 N–H and O–H groups in total. The normalized spacial score (nSPS) is 17.0. The number of amides is 1. The Bertz CT molecular complexity index is 821. The number of pyridine rings is 2. The molecule has 2 aromatic heterocycles. The van der Waals surface area contributed by atoms with Gasteiger partial charge in [-0.05, 0) is 44.1 Å². The van der Waals surface area contributed by atoms with Gasteiger partial charge >= 0.3 is 0 Å². The second kappa shape index (κ2) is 8.67. The van der Waals surface area contributed by atoms with E-state index in [1.54, 1.807) is 13.3 Å². The predicted octanol–water partition coefficient (Wildman–Crippen LogP) is 1.53. The van der Waals surface area contributed by atoms with Gasteiger partial charge in [0.25, 0.3) is 5.91 Å². The van der Waals surface area contributed by atoms with E-state index in [0.29, 0.717) is 37.1 Å². The predicted molar refractivity (Wildman–Crippen MR) is 106 cm³/mol. The minimum atomic E-state index is 0.0456. The lowest BCUT2D eigenvalue weighted by Crippen LogP contribution is -2.39. The standard InChI is InChI=1S/C21H27N5O2/c1-28-20-15(13-24-17-5-9-22-10-6-17)12-18-19(25-20)14-26(21(18)27)11-7-16-4-2-3-8-23-16/h2-4,8,12,17,22,24H,5-7,9-11,13-14H2,1H3. The highest BCUT2D eigenvalue weighted by Crippen LogP contribution is 2.27. The minimum Gasteiger partial charge on any atom is -0.481 e. The molecule has 4 rings (SSSR count). The van der Waals surface area contributed by atoms with Crippen molar-refractivity contribution in [3.8, 4) is 5.88 Å². The van der Waals surface area contributed by atoms with Crippen LogP contribution in [0.1, 0.15) is 40.2 Å². The molecule has 7 nitrogen and oxygen atoms in total. The van der Waals surface area contributed by atoms with E-state index in [2.05, 4.69) is 20.6 Å². The number of piperidine rings is 1. The van der Waals surface area contributed by atoms with E-state index in [1.165, 1.54) is 0 Å². The zero-order chi connectivity index (χ0) is 19.3. The van der Waals surface area contributed by atoms with Crippen molar-refractivity contribution in [2.45, 2.75) is 38.4 Å². The fraction of sp³-hybridized carbons (Fsp3) is 0.476. The lowest BCUT2D eigenvalue weighted by molar-refractivity contribution is 0.0779. The highest BCUT2D eigenvalue weighted by molar-refractivity contribution is 5.98. The lowest BCUT2D eigenvalue weighted by atomic mass is 10.1. The number of nitrogens with one attached hydrogen (secondary N) is 2. The van der Waals surface area contributed by atoms with Crippen LogP contribution in [0.2, 0.25) is 0 Å². The zero-order valence-corrected chi connectivity index (χ0v) is 16.3. The van der Waals surface area contributed by atoms with Crippen molar-refractivity contribution in [1.82, 2.24) is 25.5 Å². The molecule has 0 spiro atoms. The molecule has 0 bridgehead atoms. The van der Waals surface area contributed by atoms with Gasteiger partial charge in [-0.15, -0.1) is 0 Å². The molecule has 148 valence electrons. The summed E-state index contributed by atoms with van der Waals surface area (Å²) >= 11 is 0. The van der Waals surface area contributed by atoms with Crippen LogP contribution < -0.4 is 15.4 Å². The Kier molecular flexibility index (Phi) is 5.83. The van der Waals surface area contributed by atoms with E-state index in [9.17, 15) is 4.79 Å². The second-order valence-corrected chi connectivity index (χ2v) is 7.35. The molecule has 1 saturated heterocycles. The van der Waals surface area contributed by atoms with Crippen molar-refractivity contribution < 1.29 is 9.53 Å². The van der Waals surface area contributed by atoms with Crippen LogP contribution in [0.25, 0.3) is 0 Å². The van der Waals surface area contributed by atoms with Crippen LogP contribution in [-0.2, 0) is 19.5 Å². The van der Waals surface area contributed by atoms with Gasteiger partial charge in [0.05, 0.1) is 24.9 Å². The number of ether oxygens (including phenoxy) is 1. The van der Waals surface area contributed by atoms with E-state index < -0.39 is 0 Å². The third-order valence-electron chi connectivity index (χ3n) is 5.48. The number of rotatable bonds is 7. The molecule has 0 atom stereocenters. The number of hydrogen-bond donors (Lipinski definition) is 2. The van der Waals surface area contributed by atoms with Crippen molar-refractivity contribution in [2.75, 3.05) is 26.7 Å². The first-order chi connectivity index (χ1) is 13.7. The maximum atomic E-state index is 12.9. The van der Waals surface area contributed by atoms with Gasteiger partial charge < -0.3 is 20.3 Å². The largest absolute Gasteiger partial charge is 0.481 e. The second-order valence-electron chi connectivity index (χ2n) is 7.35. The van der Waals surface area contributed by atoms with Crippen molar-refractivity contribution in [2.24, 2.45) is 0 Å². The average molecular weight is 381 g/mol.